The fraction of sp³-hybridized carbons (Fsp3) is 0. The van der Waals surface area contributed by atoms with Crippen LogP contribution in [-0.2, 0) is 20.5 Å². The van der Waals surface area contributed by atoms with Crippen molar-refractivity contribution in [3.63, 3.8) is 0 Å². The Hall–Kier alpha value is -1.43. The Morgan fingerprint density at radius 3 is 1.58 bits per heavy atom. The third-order valence-electron chi connectivity index (χ3n) is 0.930. The van der Waals surface area contributed by atoms with Crippen LogP contribution in [0.2, 0.25) is 0 Å². The first-order valence-electron chi connectivity index (χ1n) is 2.81. The monoisotopic (exact) mass is 189 g/mol. The van der Waals surface area contributed by atoms with Crippen molar-refractivity contribution in [3.8, 4) is 0 Å². The lowest BCUT2D eigenvalue weighted by molar-refractivity contribution is -0.132. The van der Waals surface area contributed by atoms with Crippen molar-refractivity contribution in [2.45, 2.75) is 0 Å². The second-order valence-electron chi connectivity index (χ2n) is 1.63. The molecule has 0 aromatic rings. The molecule has 0 aromatic heterocycles. The van der Waals surface area contributed by atoms with Crippen LogP contribution in [-0.4, -0.2) is 24.5 Å². The quantitative estimate of drug-likeness (QED) is 0.468. The number of nitrogens with zero attached hydrogens (tertiary/aromatic N) is 1. The molecule has 0 spiro atoms. The molecule has 0 saturated carbocycles. The van der Waals surface area contributed by atoms with Crippen molar-refractivity contribution in [2.75, 3.05) is 0 Å². The Morgan fingerprint density at radius 2 is 1.42 bits per heavy atom. The van der Waals surface area contributed by atoms with Crippen LogP contribution in [0, 0.1) is 0 Å². The van der Waals surface area contributed by atoms with E-state index in [4.69, 9.17) is 0 Å². The van der Waals surface area contributed by atoms with Crippen molar-refractivity contribution < 1.29 is 18.0 Å². The van der Waals surface area contributed by atoms with E-state index in [9.17, 15) is 18.0 Å². The maximum atomic E-state index is 10.7. The van der Waals surface area contributed by atoms with Crippen LogP contribution in [0.15, 0.2) is 25.3 Å². The lowest BCUT2D eigenvalue weighted by atomic mass is 10.5. The van der Waals surface area contributed by atoms with Gasteiger partial charge >= 0.3 is 0 Å². The van der Waals surface area contributed by atoms with Gasteiger partial charge in [-0.1, -0.05) is 13.2 Å². The van der Waals surface area contributed by atoms with Crippen LogP contribution >= 0.6 is 0 Å². The minimum Gasteiger partial charge on any atom is -0.268 e. The lowest BCUT2D eigenvalue weighted by Crippen LogP contribution is -2.32. The van der Waals surface area contributed by atoms with Crippen molar-refractivity contribution in [2.24, 2.45) is 0 Å². The van der Waals surface area contributed by atoms with Gasteiger partial charge in [-0.15, -0.1) is 0 Å². The zero-order valence-corrected chi connectivity index (χ0v) is 6.99. The average molecular weight is 189 g/mol. The summed E-state index contributed by atoms with van der Waals surface area (Å²) in [5.41, 5.74) is 0. The molecule has 0 heterocycles. The highest BCUT2D eigenvalue weighted by atomic mass is 32.2. The second kappa shape index (κ2) is 4.45. The third-order valence-corrected chi connectivity index (χ3v) is 1.65. The van der Waals surface area contributed by atoms with E-state index in [1.807, 2.05) is 0 Å². The minimum atomic E-state index is -3.26. The number of rotatable bonds is 3. The third kappa shape index (κ3) is 2.31. The molecular formula is C6H7NO4S. The van der Waals surface area contributed by atoms with Gasteiger partial charge in [-0.2, -0.15) is 4.31 Å². The summed E-state index contributed by atoms with van der Waals surface area (Å²) < 4.78 is 20.7. The average Bonchev–Trinajstić information content (AvgIpc) is 2.03. The molecule has 2 amide bonds. The standard InChI is InChI=1S/C6H7NO4S/c1-3-5(8)7(12(10)11)6(9)4-2/h3-4,12H,1-2H2. The SMILES string of the molecule is C=CC(=O)N(C(=O)C=C)[SH](=O)=O. The number of hydrogen-bond donors (Lipinski definition) is 1. The molecule has 0 bridgehead atoms. The predicted molar refractivity (Wildman–Crippen MR) is 42.6 cm³/mol. The largest absolute Gasteiger partial charge is 0.268 e. The van der Waals surface area contributed by atoms with Gasteiger partial charge in [0.15, 0.2) is 0 Å². The maximum Gasteiger partial charge on any atom is 0.266 e. The van der Waals surface area contributed by atoms with E-state index in [-0.39, 0.29) is 4.31 Å². The lowest BCUT2D eigenvalue weighted by Gasteiger charge is -2.07. The first kappa shape index (κ1) is 10.6. The first-order chi connectivity index (χ1) is 5.54. The van der Waals surface area contributed by atoms with E-state index in [0.717, 1.165) is 12.2 Å². The molecule has 0 aromatic carbocycles. The topological polar surface area (TPSA) is 71.5 Å². The molecule has 0 rings (SSSR count). The van der Waals surface area contributed by atoms with E-state index in [0.29, 0.717) is 0 Å². The highest BCUT2D eigenvalue weighted by Gasteiger charge is 2.18. The Bertz CT molecular complexity index is 277. The highest BCUT2D eigenvalue weighted by Crippen LogP contribution is 1.93. The molecule has 66 valence electrons. The van der Waals surface area contributed by atoms with Gasteiger partial charge in [0.25, 0.3) is 11.8 Å². The molecule has 0 aliphatic carbocycles. The summed E-state index contributed by atoms with van der Waals surface area (Å²) >= 11 is 0. The molecule has 0 atom stereocenters. The van der Waals surface area contributed by atoms with Gasteiger partial charge in [-0.25, -0.2) is 8.42 Å². The summed E-state index contributed by atoms with van der Waals surface area (Å²) in [6.07, 6.45) is 1.46. The van der Waals surface area contributed by atoms with E-state index in [1.165, 1.54) is 0 Å². The highest BCUT2D eigenvalue weighted by molar-refractivity contribution is 7.71. The number of imide groups is 1. The Morgan fingerprint density at radius 1 is 1.08 bits per heavy atom. The van der Waals surface area contributed by atoms with E-state index in [2.05, 4.69) is 13.2 Å². The second-order valence-corrected chi connectivity index (χ2v) is 2.51. The molecule has 0 N–H and O–H groups in total. The summed E-state index contributed by atoms with van der Waals surface area (Å²) in [7, 11) is -3.26. The molecule has 6 heteroatoms. The molecule has 5 nitrogen and oxygen atoms in total. The molecule has 0 radical (unpaired) electrons. The van der Waals surface area contributed by atoms with Crippen LogP contribution in [0.5, 0.6) is 0 Å². The van der Waals surface area contributed by atoms with Gasteiger partial charge in [0.1, 0.15) is 0 Å². The van der Waals surface area contributed by atoms with Gasteiger partial charge in [0.2, 0.25) is 10.9 Å². The van der Waals surface area contributed by atoms with Crippen LogP contribution < -0.4 is 0 Å². The van der Waals surface area contributed by atoms with Gasteiger partial charge in [-0.05, 0) is 12.2 Å². The van der Waals surface area contributed by atoms with Crippen LogP contribution in [0.1, 0.15) is 0 Å². The summed E-state index contributed by atoms with van der Waals surface area (Å²) in [5, 5.41) is 0. The molecule has 0 aliphatic rings. The number of amides is 2. The van der Waals surface area contributed by atoms with Crippen molar-refractivity contribution in [1.82, 2.24) is 4.31 Å². The number of carbonyl (C=O) groups is 2. The van der Waals surface area contributed by atoms with Crippen molar-refractivity contribution in [1.29, 1.82) is 0 Å². The predicted octanol–water partition coefficient (Wildman–Crippen LogP) is -0.760. The number of hydrogen-bond acceptors (Lipinski definition) is 4. The molecule has 0 unspecified atom stereocenters. The first-order valence-corrected chi connectivity index (χ1v) is 3.94. The fourth-order valence-electron chi connectivity index (χ4n) is 0.442. The summed E-state index contributed by atoms with van der Waals surface area (Å²) in [6, 6.07) is 0. The van der Waals surface area contributed by atoms with Gasteiger partial charge in [0.05, 0.1) is 0 Å². The fourth-order valence-corrected chi connectivity index (χ4v) is 0.928. The van der Waals surface area contributed by atoms with Crippen molar-refractivity contribution in [3.05, 3.63) is 25.3 Å². The van der Waals surface area contributed by atoms with E-state index in [1.54, 1.807) is 0 Å². The zero-order chi connectivity index (χ0) is 9.72. The minimum absolute atomic E-state index is 0.0509. The maximum absolute atomic E-state index is 10.7. The van der Waals surface area contributed by atoms with Crippen molar-refractivity contribution >= 4 is 22.7 Å². The Balaban J connectivity index is 4.91. The number of thiol groups is 1. The normalized spacial score (nSPS) is 9.08. The van der Waals surface area contributed by atoms with E-state index < -0.39 is 22.7 Å². The summed E-state index contributed by atoms with van der Waals surface area (Å²) in [6.45, 7) is 6.07. The molecular weight excluding hydrogens is 182 g/mol. The van der Waals surface area contributed by atoms with Crippen LogP contribution in [0.4, 0.5) is 0 Å². The smallest absolute Gasteiger partial charge is 0.266 e. The molecule has 0 saturated heterocycles. The van der Waals surface area contributed by atoms with Crippen LogP contribution in [0.25, 0.3) is 0 Å². The molecule has 0 fully saturated rings. The Kier molecular flexibility index (Phi) is 3.92. The summed E-state index contributed by atoms with van der Waals surface area (Å²) in [5.74, 6) is -1.98. The van der Waals surface area contributed by atoms with Gasteiger partial charge in [-0.3, -0.25) is 9.59 Å². The molecule has 12 heavy (non-hydrogen) atoms. The number of carbonyl (C=O) groups excluding carboxylic acids is 2. The Labute approximate surface area is 71.1 Å². The van der Waals surface area contributed by atoms with E-state index >= 15 is 0 Å². The van der Waals surface area contributed by atoms with Gasteiger partial charge in [0, 0.05) is 0 Å². The zero-order valence-electron chi connectivity index (χ0n) is 6.10. The van der Waals surface area contributed by atoms with Gasteiger partial charge < -0.3 is 0 Å². The molecule has 0 aliphatic heterocycles. The van der Waals surface area contributed by atoms with Crippen LogP contribution in [0.3, 0.4) is 0 Å². The summed E-state index contributed by atoms with van der Waals surface area (Å²) in [4.78, 5) is 21.4.